The highest BCUT2D eigenvalue weighted by Gasteiger charge is 2.06. The summed E-state index contributed by atoms with van der Waals surface area (Å²) in [6.45, 7) is 0.410. The smallest absolute Gasteiger partial charge is 0.338 e. The Morgan fingerprint density at radius 2 is 1.30 bits per heavy atom. The lowest BCUT2D eigenvalue weighted by molar-refractivity contribution is 0.0446. The number of esters is 1. The van der Waals surface area contributed by atoms with Crippen LogP contribution in [0.25, 0.3) is 0 Å². The van der Waals surface area contributed by atoms with Crippen molar-refractivity contribution in [2.24, 2.45) is 0 Å². The zero-order chi connectivity index (χ0) is 14.2. The van der Waals surface area contributed by atoms with Gasteiger partial charge in [0.15, 0.2) is 5.05 Å². The minimum absolute atomic E-state index is 0.167. The van der Waals surface area contributed by atoms with Crippen LogP contribution in [0.2, 0.25) is 0 Å². The first-order valence-electron chi connectivity index (χ1n) is 6.22. The normalized spacial score (nSPS) is 9.80. The molecule has 2 aromatic carbocycles. The maximum absolute atomic E-state index is 11.6. The Labute approximate surface area is 123 Å². The van der Waals surface area contributed by atoms with Crippen molar-refractivity contribution in [1.82, 2.24) is 0 Å². The van der Waals surface area contributed by atoms with E-state index in [4.69, 9.17) is 21.7 Å². The van der Waals surface area contributed by atoms with E-state index in [-0.39, 0.29) is 19.2 Å². The van der Waals surface area contributed by atoms with E-state index in [1.54, 1.807) is 24.3 Å². The summed E-state index contributed by atoms with van der Waals surface area (Å²) in [6, 6.07) is 18.3. The molecular weight excluding hydrogens is 272 g/mol. The minimum Gasteiger partial charge on any atom is -0.479 e. The average Bonchev–Trinajstić information content (AvgIpc) is 2.53. The molecule has 0 aliphatic carbocycles. The molecule has 4 heteroatoms. The van der Waals surface area contributed by atoms with Crippen LogP contribution < -0.4 is 0 Å². The number of thiocarbonyl (C=S) groups is 1. The maximum Gasteiger partial charge on any atom is 0.338 e. The predicted octanol–water partition coefficient (Wildman–Crippen LogP) is 3.24. The molecule has 0 fully saturated rings. The summed E-state index contributed by atoms with van der Waals surface area (Å²) in [5.74, 6) is -0.361. The van der Waals surface area contributed by atoms with E-state index in [9.17, 15) is 4.79 Å². The Balaban J connectivity index is 1.72. The molecule has 0 N–H and O–H groups in total. The van der Waals surface area contributed by atoms with Gasteiger partial charge in [-0.2, -0.15) is 0 Å². The van der Waals surface area contributed by atoms with Crippen LogP contribution in [-0.2, 0) is 9.47 Å². The Bertz CT molecular complexity index is 513. The molecule has 0 bridgehead atoms. The van der Waals surface area contributed by atoms with Crippen molar-refractivity contribution in [3.05, 3.63) is 71.8 Å². The number of carbonyl (C=O) groups excluding carboxylic acids is 1. The van der Waals surface area contributed by atoms with E-state index in [1.165, 1.54) is 0 Å². The Kier molecular flexibility index (Phi) is 5.26. The van der Waals surface area contributed by atoms with Crippen LogP contribution >= 0.6 is 12.2 Å². The van der Waals surface area contributed by atoms with Crippen molar-refractivity contribution in [1.29, 1.82) is 0 Å². The number of ether oxygens (including phenoxy) is 2. The fraction of sp³-hybridized carbons (Fsp3) is 0.125. The molecule has 0 saturated carbocycles. The molecule has 2 aromatic rings. The van der Waals surface area contributed by atoms with Crippen molar-refractivity contribution in [3.63, 3.8) is 0 Å². The molecular formula is C16H14O3S. The lowest BCUT2D eigenvalue weighted by Gasteiger charge is -2.08. The van der Waals surface area contributed by atoms with E-state index in [2.05, 4.69) is 0 Å². The molecule has 0 aliphatic rings. The SMILES string of the molecule is O=C(OCCOC(=S)c1ccccc1)c1ccccc1. The number of hydrogen-bond donors (Lipinski definition) is 0. The monoisotopic (exact) mass is 286 g/mol. The number of carbonyl (C=O) groups is 1. The third-order valence-corrected chi connectivity index (χ3v) is 2.92. The molecule has 2 rings (SSSR count). The molecule has 0 aliphatic heterocycles. The van der Waals surface area contributed by atoms with Gasteiger partial charge in [0.25, 0.3) is 0 Å². The summed E-state index contributed by atoms with van der Waals surface area (Å²) in [5, 5.41) is 0.404. The van der Waals surface area contributed by atoms with Gasteiger partial charge < -0.3 is 9.47 Å². The van der Waals surface area contributed by atoms with Crippen LogP contribution in [-0.4, -0.2) is 24.2 Å². The number of benzene rings is 2. The van der Waals surface area contributed by atoms with E-state index in [0.717, 1.165) is 5.56 Å². The quantitative estimate of drug-likeness (QED) is 0.480. The minimum atomic E-state index is -0.361. The van der Waals surface area contributed by atoms with E-state index in [0.29, 0.717) is 10.6 Å². The third kappa shape index (κ3) is 4.17. The molecule has 102 valence electrons. The largest absolute Gasteiger partial charge is 0.479 e. The summed E-state index contributed by atoms with van der Waals surface area (Å²) < 4.78 is 10.5. The van der Waals surface area contributed by atoms with E-state index in [1.807, 2.05) is 36.4 Å². The molecule has 0 spiro atoms. The highest BCUT2D eigenvalue weighted by Crippen LogP contribution is 2.03. The molecule has 0 unspecified atom stereocenters. The van der Waals surface area contributed by atoms with Crippen LogP contribution in [0.5, 0.6) is 0 Å². The second-order valence-corrected chi connectivity index (χ2v) is 4.37. The Morgan fingerprint density at radius 1 is 0.800 bits per heavy atom. The second kappa shape index (κ2) is 7.40. The molecule has 0 aromatic heterocycles. The van der Waals surface area contributed by atoms with Gasteiger partial charge in [-0.25, -0.2) is 4.79 Å². The lowest BCUT2D eigenvalue weighted by Crippen LogP contribution is -2.13. The summed E-state index contributed by atoms with van der Waals surface area (Å²) in [5.41, 5.74) is 1.37. The third-order valence-electron chi connectivity index (χ3n) is 2.57. The Hall–Kier alpha value is -2.20. The summed E-state index contributed by atoms with van der Waals surface area (Å²) in [6.07, 6.45) is 0. The van der Waals surface area contributed by atoms with Gasteiger partial charge in [-0.3, -0.25) is 0 Å². The van der Waals surface area contributed by atoms with E-state index < -0.39 is 0 Å². The number of rotatable bonds is 5. The number of hydrogen-bond acceptors (Lipinski definition) is 4. The van der Waals surface area contributed by atoms with Gasteiger partial charge in [-0.15, -0.1) is 0 Å². The second-order valence-electron chi connectivity index (χ2n) is 4.00. The fourth-order valence-electron chi connectivity index (χ4n) is 1.58. The predicted molar refractivity (Wildman–Crippen MR) is 80.8 cm³/mol. The van der Waals surface area contributed by atoms with Gasteiger partial charge in [-0.1, -0.05) is 48.5 Å². The molecule has 3 nitrogen and oxygen atoms in total. The van der Waals surface area contributed by atoms with Gasteiger partial charge in [0.2, 0.25) is 0 Å². The van der Waals surface area contributed by atoms with Crippen molar-refractivity contribution in [2.75, 3.05) is 13.2 Å². The van der Waals surface area contributed by atoms with Crippen LogP contribution in [0.1, 0.15) is 15.9 Å². The van der Waals surface area contributed by atoms with Gasteiger partial charge in [-0.05, 0) is 24.4 Å². The van der Waals surface area contributed by atoms with Gasteiger partial charge >= 0.3 is 5.97 Å². The highest BCUT2D eigenvalue weighted by atomic mass is 32.1. The first kappa shape index (κ1) is 14.2. The van der Waals surface area contributed by atoms with Crippen molar-refractivity contribution >= 4 is 23.2 Å². The summed E-state index contributed by atoms with van der Waals surface area (Å²) in [7, 11) is 0. The van der Waals surface area contributed by atoms with Crippen LogP contribution in [0.15, 0.2) is 60.7 Å². The van der Waals surface area contributed by atoms with Crippen LogP contribution in [0, 0.1) is 0 Å². The van der Waals surface area contributed by atoms with Crippen molar-refractivity contribution in [2.45, 2.75) is 0 Å². The zero-order valence-corrected chi connectivity index (χ0v) is 11.6. The zero-order valence-electron chi connectivity index (χ0n) is 10.8. The van der Waals surface area contributed by atoms with Gasteiger partial charge in [0.05, 0.1) is 5.56 Å². The first-order chi connectivity index (χ1) is 9.77. The lowest BCUT2D eigenvalue weighted by atomic mass is 10.2. The average molecular weight is 286 g/mol. The fourth-order valence-corrected chi connectivity index (χ4v) is 1.80. The molecule has 0 radical (unpaired) electrons. The van der Waals surface area contributed by atoms with Crippen molar-refractivity contribution < 1.29 is 14.3 Å². The highest BCUT2D eigenvalue weighted by molar-refractivity contribution is 7.80. The molecule has 0 heterocycles. The van der Waals surface area contributed by atoms with Gasteiger partial charge in [0.1, 0.15) is 13.2 Å². The van der Waals surface area contributed by atoms with Crippen LogP contribution in [0.4, 0.5) is 0 Å². The Morgan fingerprint density at radius 3 is 1.90 bits per heavy atom. The first-order valence-corrected chi connectivity index (χ1v) is 6.62. The maximum atomic E-state index is 11.6. The molecule has 20 heavy (non-hydrogen) atoms. The molecule has 0 saturated heterocycles. The molecule has 0 amide bonds. The summed E-state index contributed by atoms with van der Waals surface area (Å²) in [4.78, 5) is 11.6. The topological polar surface area (TPSA) is 35.5 Å². The molecule has 0 atom stereocenters. The van der Waals surface area contributed by atoms with Gasteiger partial charge in [0, 0.05) is 5.56 Å². The van der Waals surface area contributed by atoms with Crippen molar-refractivity contribution in [3.8, 4) is 0 Å². The van der Waals surface area contributed by atoms with Crippen LogP contribution in [0.3, 0.4) is 0 Å². The standard InChI is InChI=1S/C16H14O3S/c17-15(13-7-3-1-4-8-13)18-11-12-19-16(20)14-9-5-2-6-10-14/h1-10H,11-12H2. The summed E-state index contributed by atoms with van der Waals surface area (Å²) >= 11 is 5.13. The van der Waals surface area contributed by atoms with E-state index >= 15 is 0 Å².